The second-order valence-corrected chi connectivity index (χ2v) is 5.73. The van der Waals surface area contributed by atoms with E-state index in [9.17, 15) is 4.79 Å². The van der Waals surface area contributed by atoms with Crippen LogP contribution in [0.25, 0.3) is 0 Å². The van der Waals surface area contributed by atoms with Gasteiger partial charge in [0.1, 0.15) is 16.5 Å². The lowest BCUT2D eigenvalue weighted by molar-refractivity contribution is -0.131. The summed E-state index contributed by atoms with van der Waals surface area (Å²) < 4.78 is 10.3. The van der Waals surface area contributed by atoms with E-state index in [1.54, 1.807) is 38.5 Å². The van der Waals surface area contributed by atoms with Crippen LogP contribution in [0, 0.1) is 0 Å². The van der Waals surface area contributed by atoms with Gasteiger partial charge in [-0.1, -0.05) is 47.5 Å². The molecule has 0 unspecified atom stereocenters. The van der Waals surface area contributed by atoms with Crippen LogP contribution in [0.2, 0.25) is 0 Å². The molecular formula is C18H16Cl2O4. The SMILES string of the molecule is COc1ccc(C(/C(Cl)=C(\Cl)C(=O)O)c2ccc(OC)cc2)cc1. The fraction of sp³-hybridized carbons (Fsp3) is 0.167. The highest BCUT2D eigenvalue weighted by Gasteiger charge is 2.23. The summed E-state index contributed by atoms with van der Waals surface area (Å²) in [4.78, 5) is 11.2. The Labute approximate surface area is 150 Å². The Bertz CT molecular complexity index is 689. The number of carboxylic acid groups (broad SMARTS) is 1. The molecule has 0 saturated carbocycles. The molecule has 2 aromatic rings. The number of carboxylic acids is 1. The van der Waals surface area contributed by atoms with E-state index in [0.717, 1.165) is 11.1 Å². The summed E-state index contributed by atoms with van der Waals surface area (Å²) in [5, 5.41) is 8.78. The highest BCUT2D eigenvalue weighted by molar-refractivity contribution is 6.47. The van der Waals surface area contributed by atoms with E-state index in [-0.39, 0.29) is 5.03 Å². The highest BCUT2D eigenvalue weighted by atomic mass is 35.5. The molecule has 0 aliphatic rings. The van der Waals surface area contributed by atoms with Crippen molar-refractivity contribution in [3.8, 4) is 11.5 Å². The zero-order valence-corrected chi connectivity index (χ0v) is 14.6. The van der Waals surface area contributed by atoms with Crippen LogP contribution >= 0.6 is 23.2 Å². The number of aliphatic carboxylic acids is 1. The van der Waals surface area contributed by atoms with Crippen molar-refractivity contribution in [1.82, 2.24) is 0 Å². The van der Waals surface area contributed by atoms with E-state index in [1.807, 2.05) is 24.3 Å². The van der Waals surface area contributed by atoms with Crippen LogP contribution in [0.3, 0.4) is 0 Å². The third kappa shape index (κ3) is 4.02. The monoisotopic (exact) mass is 366 g/mol. The maximum Gasteiger partial charge on any atom is 0.348 e. The molecule has 0 amide bonds. The molecule has 0 radical (unpaired) electrons. The van der Waals surface area contributed by atoms with Gasteiger partial charge in [0, 0.05) is 5.92 Å². The molecule has 0 atom stereocenters. The zero-order chi connectivity index (χ0) is 17.7. The van der Waals surface area contributed by atoms with E-state index >= 15 is 0 Å². The number of hydrogen-bond donors (Lipinski definition) is 1. The second-order valence-electron chi connectivity index (χ2n) is 4.95. The van der Waals surface area contributed by atoms with Crippen molar-refractivity contribution in [2.75, 3.05) is 14.2 Å². The number of rotatable bonds is 6. The van der Waals surface area contributed by atoms with E-state index in [0.29, 0.717) is 11.5 Å². The molecule has 0 saturated heterocycles. The summed E-state index contributed by atoms with van der Waals surface area (Å²) in [6, 6.07) is 14.4. The van der Waals surface area contributed by atoms with Gasteiger partial charge in [0.2, 0.25) is 0 Å². The first-order valence-electron chi connectivity index (χ1n) is 7.04. The fourth-order valence-electron chi connectivity index (χ4n) is 2.31. The topological polar surface area (TPSA) is 55.8 Å². The van der Waals surface area contributed by atoms with Crippen molar-refractivity contribution >= 4 is 29.2 Å². The number of ether oxygens (including phenoxy) is 2. The van der Waals surface area contributed by atoms with Gasteiger partial charge in [0.15, 0.2) is 0 Å². The number of benzene rings is 2. The first-order chi connectivity index (χ1) is 11.5. The van der Waals surface area contributed by atoms with E-state index in [1.165, 1.54) is 0 Å². The Morgan fingerprint density at radius 1 is 0.875 bits per heavy atom. The lowest BCUT2D eigenvalue weighted by Crippen LogP contribution is -2.06. The number of allylic oxidation sites excluding steroid dienone is 1. The van der Waals surface area contributed by atoms with Gasteiger partial charge in [0.25, 0.3) is 0 Å². The van der Waals surface area contributed by atoms with Gasteiger partial charge >= 0.3 is 5.97 Å². The van der Waals surface area contributed by atoms with Crippen LogP contribution in [0.5, 0.6) is 11.5 Å². The molecule has 24 heavy (non-hydrogen) atoms. The van der Waals surface area contributed by atoms with Crippen LogP contribution in [-0.2, 0) is 4.79 Å². The molecular weight excluding hydrogens is 351 g/mol. The normalized spacial score (nSPS) is 11.9. The maximum absolute atomic E-state index is 11.2. The Hall–Kier alpha value is -2.17. The summed E-state index contributed by atoms with van der Waals surface area (Å²) in [7, 11) is 3.15. The van der Waals surface area contributed by atoms with Crippen LogP contribution in [-0.4, -0.2) is 25.3 Å². The van der Waals surface area contributed by atoms with E-state index in [2.05, 4.69) is 0 Å². The van der Waals surface area contributed by atoms with Crippen molar-refractivity contribution < 1.29 is 19.4 Å². The molecule has 0 aliphatic carbocycles. The van der Waals surface area contributed by atoms with Crippen LogP contribution in [0.15, 0.2) is 58.6 Å². The molecule has 2 rings (SSSR count). The Balaban J connectivity index is 2.55. The standard InChI is InChI=1S/C18H16Cl2O4/c1-23-13-7-3-11(4-8-13)15(16(19)17(20)18(21)22)12-5-9-14(24-2)10-6-12/h3-10,15H,1-2H3,(H,21,22)/b17-16+. The summed E-state index contributed by atoms with van der Waals surface area (Å²) in [5.74, 6) is -0.394. The van der Waals surface area contributed by atoms with Crippen LogP contribution in [0.1, 0.15) is 17.0 Å². The molecule has 0 aliphatic heterocycles. The molecule has 4 nitrogen and oxygen atoms in total. The van der Waals surface area contributed by atoms with Crippen molar-refractivity contribution in [1.29, 1.82) is 0 Å². The summed E-state index contributed by atoms with van der Waals surface area (Å²) in [6.45, 7) is 0. The van der Waals surface area contributed by atoms with E-state index in [4.69, 9.17) is 37.8 Å². The second kappa shape index (κ2) is 8.08. The van der Waals surface area contributed by atoms with Gasteiger partial charge in [-0.05, 0) is 35.4 Å². The molecule has 126 valence electrons. The highest BCUT2D eigenvalue weighted by Crippen LogP contribution is 2.38. The molecule has 6 heteroatoms. The fourth-order valence-corrected chi connectivity index (χ4v) is 2.75. The number of hydrogen-bond acceptors (Lipinski definition) is 3. The third-order valence-corrected chi connectivity index (χ3v) is 4.42. The molecule has 2 aromatic carbocycles. The minimum atomic E-state index is -1.27. The van der Waals surface area contributed by atoms with Gasteiger partial charge in [-0.2, -0.15) is 0 Å². The largest absolute Gasteiger partial charge is 0.497 e. The van der Waals surface area contributed by atoms with Gasteiger partial charge < -0.3 is 14.6 Å². The van der Waals surface area contributed by atoms with Gasteiger partial charge in [0.05, 0.1) is 19.3 Å². The van der Waals surface area contributed by atoms with Crippen LogP contribution < -0.4 is 9.47 Å². The maximum atomic E-state index is 11.2. The number of halogens is 2. The average molecular weight is 367 g/mol. The molecule has 0 aromatic heterocycles. The smallest absolute Gasteiger partial charge is 0.348 e. The molecule has 0 fully saturated rings. The van der Waals surface area contributed by atoms with Gasteiger partial charge in [-0.15, -0.1) is 0 Å². The lowest BCUT2D eigenvalue weighted by Gasteiger charge is -2.19. The summed E-state index contributed by atoms with van der Waals surface area (Å²) >= 11 is 12.2. The predicted octanol–water partition coefficient (Wildman–Crippen LogP) is 4.61. The van der Waals surface area contributed by atoms with Crippen molar-refractivity contribution in [3.63, 3.8) is 0 Å². The molecule has 0 heterocycles. The summed E-state index contributed by atoms with van der Waals surface area (Å²) in [5.41, 5.74) is 1.59. The Morgan fingerprint density at radius 3 is 1.54 bits per heavy atom. The van der Waals surface area contributed by atoms with Crippen molar-refractivity contribution in [2.45, 2.75) is 5.92 Å². The quantitative estimate of drug-likeness (QED) is 0.758. The number of carbonyl (C=O) groups is 1. The first-order valence-corrected chi connectivity index (χ1v) is 7.80. The molecule has 1 N–H and O–H groups in total. The minimum absolute atomic E-state index is 0.0412. The number of methoxy groups -OCH3 is 2. The first kappa shape index (κ1) is 18.2. The Morgan fingerprint density at radius 2 is 1.25 bits per heavy atom. The summed E-state index contributed by atoms with van der Waals surface area (Å²) in [6.07, 6.45) is 0. The molecule has 0 bridgehead atoms. The van der Waals surface area contributed by atoms with E-state index < -0.39 is 16.9 Å². The zero-order valence-electron chi connectivity index (χ0n) is 13.1. The van der Waals surface area contributed by atoms with Crippen molar-refractivity contribution in [3.05, 3.63) is 69.7 Å². The van der Waals surface area contributed by atoms with Crippen LogP contribution in [0.4, 0.5) is 0 Å². The Kier molecular flexibility index (Phi) is 6.12. The predicted molar refractivity (Wildman–Crippen MR) is 94.2 cm³/mol. The van der Waals surface area contributed by atoms with Crippen molar-refractivity contribution in [2.24, 2.45) is 0 Å². The van der Waals surface area contributed by atoms with Gasteiger partial charge in [-0.25, -0.2) is 4.79 Å². The minimum Gasteiger partial charge on any atom is -0.497 e. The lowest BCUT2D eigenvalue weighted by atomic mass is 9.90. The molecule has 0 spiro atoms. The van der Waals surface area contributed by atoms with Gasteiger partial charge in [-0.3, -0.25) is 0 Å². The third-order valence-electron chi connectivity index (χ3n) is 3.55. The average Bonchev–Trinajstić information content (AvgIpc) is 2.62.